The summed E-state index contributed by atoms with van der Waals surface area (Å²) in [6.07, 6.45) is -4.51. The van der Waals surface area contributed by atoms with Crippen molar-refractivity contribution in [2.24, 2.45) is 0 Å². The largest absolute Gasteiger partial charge is 0.416 e. The molecule has 0 unspecified atom stereocenters. The maximum Gasteiger partial charge on any atom is 0.416 e. The van der Waals surface area contributed by atoms with Crippen molar-refractivity contribution >= 4 is 39.1 Å². The summed E-state index contributed by atoms with van der Waals surface area (Å²) in [6, 6.07) is 5.46. The Morgan fingerprint density at radius 3 is 2.20 bits per heavy atom. The molecule has 0 spiro atoms. The van der Waals surface area contributed by atoms with Crippen LogP contribution in [-0.2, 0) is 16.4 Å². The third-order valence-corrected chi connectivity index (χ3v) is 4.69. The van der Waals surface area contributed by atoms with Gasteiger partial charge in [-0.05, 0) is 30.3 Å². The lowest BCUT2D eigenvalue weighted by molar-refractivity contribution is -0.137. The summed E-state index contributed by atoms with van der Waals surface area (Å²) >= 11 is 5.87. The molecule has 0 atom stereocenters. The first kappa shape index (κ1) is 19.2. The van der Waals surface area contributed by atoms with Crippen LogP contribution < -0.4 is 10.0 Å². The molecule has 0 fully saturated rings. The Hall–Kier alpha value is -2.11. The minimum absolute atomic E-state index is 0.00702. The van der Waals surface area contributed by atoms with Gasteiger partial charge in [0, 0.05) is 14.1 Å². The van der Waals surface area contributed by atoms with Gasteiger partial charge in [-0.3, -0.25) is 4.72 Å². The van der Waals surface area contributed by atoms with E-state index in [1.165, 1.54) is 26.2 Å². The SMILES string of the molecule is CN(C)S(=O)(=O)Nc1ccc(Nc2cc(C(F)(F)F)ccc2Cl)nn1. The van der Waals surface area contributed by atoms with Crippen LogP contribution in [-0.4, -0.2) is 37.0 Å². The van der Waals surface area contributed by atoms with Crippen molar-refractivity contribution in [3.63, 3.8) is 0 Å². The molecule has 0 saturated heterocycles. The maximum atomic E-state index is 12.7. The normalized spacial score (nSPS) is 12.3. The molecule has 12 heteroatoms. The van der Waals surface area contributed by atoms with Gasteiger partial charge in [0.05, 0.1) is 16.3 Å². The van der Waals surface area contributed by atoms with Crippen LogP contribution >= 0.6 is 11.6 Å². The molecule has 25 heavy (non-hydrogen) atoms. The minimum Gasteiger partial charge on any atom is -0.338 e. The van der Waals surface area contributed by atoms with E-state index in [1.54, 1.807) is 0 Å². The number of halogens is 4. The molecule has 136 valence electrons. The number of hydrogen-bond acceptors (Lipinski definition) is 5. The van der Waals surface area contributed by atoms with E-state index in [4.69, 9.17) is 11.6 Å². The van der Waals surface area contributed by atoms with Crippen LogP contribution in [0.3, 0.4) is 0 Å². The second kappa shape index (κ2) is 7.02. The van der Waals surface area contributed by atoms with Crippen LogP contribution in [0.4, 0.5) is 30.5 Å². The van der Waals surface area contributed by atoms with E-state index in [-0.39, 0.29) is 22.3 Å². The van der Waals surface area contributed by atoms with Crippen molar-refractivity contribution in [1.29, 1.82) is 0 Å². The standard InChI is InChI=1S/C13H13ClF3N5O2S/c1-22(2)25(23,24)21-12-6-5-11(19-20-12)18-10-7-8(13(15,16)17)3-4-9(10)14/h3-7H,1-2H3,(H,18,19)(H,20,21). The fraction of sp³-hybridized carbons (Fsp3) is 0.231. The van der Waals surface area contributed by atoms with Crippen molar-refractivity contribution in [3.05, 3.63) is 40.9 Å². The van der Waals surface area contributed by atoms with E-state index in [1.807, 2.05) is 0 Å². The average Bonchev–Trinajstić information content (AvgIpc) is 2.50. The average molecular weight is 396 g/mol. The zero-order chi connectivity index (χ0) is 18.8. The molecule has 2 aromatic rings. The van der Waals surface area contributed by atoms with Gasteiger partial charge in [-0.1, -0.05) is 11.6 Å². The van der Waals surface area contributed by atoms with Crippen LogP contribution in [0.5, 0.6) is 0 Å². The Balaban J connectivity index is 2.20. The zero-order valence-corrected chi connectivity index (χ0v) is 14.5. The van der Waals surface area contributed by atoms with Gasteiger partial charge in [0.2, 0.25) is 0 Å². The Morgan fingerprint density at radius 2 is 1.68 bits per heavy atom. The topological polar surface area (TPSA) is 87.2 Å². The summed E-state index contributed by atoms with van der Waals surface area (Å²) in [5.74, 6) is 0.0448. The number of benzene rings is 1. The van der Waals surface area contributed by atoms with Crippen molar-refractivity contribution in [2.75, 3.05) is 24.1 Å². The van der Waals surface area contributed by atoms with Crippen molar-refractivity contribution in [3.8, 4) is 0 Å². The molecule has 2 rings (SSSR count). The number of nitrogens with one attached hydrogen (secondary N) is 2. The fourth-order valence-corrected chi connectivity index (χ4v) is 2.33. The van der Waals surface area contributed by atoms with Gasteiger partial charge in [0.25, 0.3) is 0 Å². The maximum absolute atomic E-state index is 12.7. The summed E-state index contributed by atoms with van der Waals surface area (Å²) in [5.41, 5.74) is -0.880. The Kier molecular flexibility index (Phi) is 5.40. The molecule has 0 radical (unpaired) electrons. The van der Waals surface area contributed by atoms with E-state index in [0.717, 1.165) is 22.5 Å². The number of nitrogens with zero attached hydrogens (tertiary/aromatic N) is 3. The van der Waals surface area contributed by atoms with Gasteiger partial charge in [-0.15, -0.1) is 10.2 Å². The van der Waals surface area contributed by atoms with Crippen molar-refractivity contribution in [2.45, 2.75) is 6.18 Å². The highest BCUT2D eigenvalue weighted by atomic mass is 35.5. The number of hydrogen-bond donors (Lipinski definition) is 2. The lowest BCUT2D eigenvalue weighted by Crippen LogP contribution is -2.29. The summed E-state index contributed by atoms with van der Waals surface area (Å²) in [7, 11) is -1.07. The lowest BCUT2D eigenvalue weighted by atomic mass is 10.2. The third-order valence-electron chi connectivity index (χ3n) is 2.94. The second-order valence-electron chi connectivity index (χ2n) is 5.01. The number of anilines is 3. The molecule has 0 saturated carbocycles. The van der Waals surface area contributed by atoms with Gasteiger partial charge in [0.1, 0.15) is 0 Å². The fourth-order valence-electron chi connectivity index (χ4n) is 1.61. The Morgan fingerprint density at radius 1 is 1.08 bits per heavy atom. The van der Waals surface area contributed by atoms with E-state index < -0.39 is 21.9 Å². The highest BCUT2D eigenvalue weighted by Crippen LogP contribution is 2.34. The number of rotatable bonds is 5. The van der Waals surface area contributed by atoms with Crippen LogP contribution in [0.15, 0.2) is 30.3 Å². The smallest absolute Gasteiger partial charge is 0.338 e. The molecule has 0 aliphatic heterocycles. The molecule has 0 bridgehead atoms. The Bertz CT molecular complexity index is 857. The zero-order valence-electron chi connectivity index (χ0n) is 13.0. The van der Waals surface area contributed by atoms with E-state index >= 15 is 0 Å². The third kappa shape index (κ3) is 4.94. The lowest BCUT2D eigenvalue weighted by Gasteiger charge is -2.13. The van der Waals surface area contributed by atoms with Crippen LogP contribution in [0, 0.1) is 0 Å². The molecule has 1 heterocycles. The quantitative estimate of drug-likeness (QED) is 0.812. The molecule has 2 N–H and O–H groups in total. The van der Waals surface area contributed by atoms with Crippen LogP contribution in [0.1, 0.15) is 5.56 Å². The van der Waals surface area contributed by atoms with E-state index in [0.29, 0.717) is 0 Å². The van der Waals surface area contributed by atoms with Gasteiger partial charge in [-0.2, -0.15) is 25.9 Å². The molecule has 0 aliphatic rings. The first-order valence-corrected chi connectivity index (χ1v) is 8.48. The van der Waals surface area contributed by atoms with Gasteiger partial charge >= 0.3 is 16.4 Å². The van der Waals surface area contributed by atoms with Crippen molar-refractivity contribution in [1.82, 2.24) is 14.5 Å². The van der Waals surface area contributed by atoms with E-state index in [2.05, 4.69) is 20.2 Å². The monoisotopic (exact) mass is 395 g/mol. The highest BCUT2D eigenvalue weighted by Gasteiger charge is 2.31. The number of alkyl halides is 3. The van der Waals surface area contributed by atoms with Gasteiger partial charge in [0.15, 0.2) is 11.6 Å². The van der Waals surface area contributed by atoms with Crippen LogP contribution in [0.2, 0.25) is 5.02 Å². The first-order valence-electron chi connectivity index (χ1n) is 6.67. The summed E-state index contributed by atoms with van der Waals surface area (Å²) < 4.78 is 64.7. The summed E-state index contributed by atoms with van der Waals surface area (Å²) in [4.78, 5) is 0. The van der Waals surface area contributed by atoms with E-state index in [9.17, 15) is 21.6 Å². The molecule has 7 nitrogen and oxygen atoms in total. The summed E-state index contributed by atoms with van der Waals surface area (Å²) in [5, 5.41) is 10.0. The van der Waals surface area contributed by atoms with Crippen molar-refractivity contribution < 1.29 is 21.6 Å². The first-order chi connectivity index (χ1) is 11.5. The minimum atomic E-state index is -4.51. The molecule has 0 amide bonds. The van der Waals surface area contributed by atoms with Gasteiger partial charge < -0.3 is 5.32 Å². The second-order valence-corrected chi connectivity index (χ2v) is 7.30. The van der Waals surface area contributed by atoms with Gasteiger partial charge in [-0.25, -0.2) is 0 Å². The molecule has 1 aromatic heterocycles. The molecule has 0 aliphatic carbocycles. The molecular formula is C13H13ClF3N5O2S. The van der Waals surface area contributed by atoms with Crippen LogP contribution in [0.25, 0.3) is 0 Å². The molecule has 1 aromatic carbocycles. The Labute approximate surface area is 147 Å². The number of aromatic nitrogens is 2. The predicted molar refractivity (Wildman–Crippen MR) is 88.0 cm³/mol. The highest BCUT2D eigenvalue weighted by molar-refractivity contribution is 7.90. The molecular weight excluding hydrogens is 383 g/mol. The summed E-state index contributed by atoms with van der Waals surface area (Å²) in [6.45, 7) is 0. The predicted octanol–water partition coefficient (Wildman–Crippen LogP) is 3.11.